The Hall–Kier alpha value is -0.690. The number of thiophene rings is 1. The van der Waals surface area contributed by atoms with Gasteiger partial charge in [-0.3, -0.25) is 0 Å². The number of hydrogen-bond acceptors (Lipinski definition) is 3. The Morgan fingerprint density at radius 1 is 1.35 bits per heavy atom. The first kappa shape index (κ1) is 15.7. The van der Waals surface area contributed by atoms with E-state index in [0.717, 1.165) is 14.9 Å². The lowest BCUT2D eigenvalue weighted by molar-refractivity contribution is 0.552. The summed E-state index contributed by atoms with van der Waals surface area (Å²) in [6, 6.07) is 8.98. The van der Waals surface area contributed by atoms with Crippen LogP contribution in [0.4, 0.5) is 0 Å². The van der Waals surface area contributed by atoms with E-state index in [1.165, 1.54) is 0 Å². The third-order valence-corrected chi connectivity index (χ3v) is 6.12. The zero-order valence-electron chi connectivity index (χ0n) is 11.3. The molecule has 3 nitrogen and oxygen atoms in total. The zero-order valence-corrected chi connectivity index (χ0v) is 14.5. The van der Waals surface area contributed by atoms with E-state index in [9.17, 15) is 8.42 Å². The molecule has 0 fully saturated rings. The second-order valence-corrected chi connectivity index (χ2v) is 8.08. The lowest BCUT2D eigenvalue weighted by Crippen LogP contribution is -2.28. The fourth-order valence-electron chi connectivity index (χ4n) is 1.95. The summed E-state index contributed by atoms with van der Waals surface area (Å²) in [5, 5.41) is 1.96. The zero-order chi connectivity index (χ0) is 14.8. The fraction of sp³-hybridized carbons (Fsp3) is 0.286. The van der Waals surface area contributed by atoms with E-state index in [1.54, 1.807) is 30.4 Å². The van der Waals surface area contributed by atoms with Crippen LogP contribution >= 0.6 is 27.3 Å². The highest BCUT2D eigenvalue weighted by atomic mass is 79.9. The maximum absolute atomic E-state index is 12.5. The Labute approximate surface area is 132 Å². The Kier molecular flexibility index (Phi) is 5.01. The van der Waals surface area contributed by atoms with Crippen LogP contribution in [0.2, 0.25) is 0 Å². The van der Waals surface area contributed by atoms with Crippen molar-refractivity contribution in [3.63, 3.8) is 0 Å². The number of aryl methyl sites for hydroxylation is 1. The van der Waals surface area contributed by atoms with Gasteiger partial charge >= 0.3 is 0 Å². The van der Waals surface area contributed by atoms with E-state index in [-0.39, 0.29) is 6.04 Å². The Bertz CT molecular complexity index is 681. The van der Waals surface area contributed by atoms with Crippen molar-refractivity contribution in [2.75, 3.05) is 0 Å². The molecule has 20 heavy (non-hydrogen) atoms. The van der Waals surface area contributed by atoms with E-state index < -0.39 is 10.0 Å². The standard InChI is InChI=1S/C14H16BrNO2S2/c1-3-12(13-5-4-8-19-13)16-20(17,18)14-9-11(15)7-6-10(14)2/h4-9,12,16H,3H2,1-2H3. The summed E-state index contributed by atoms with van der Waals surface area (Å²) in [6.45, 7) is 3.77. The molecule has 1 aromatic heterocycles. The minimum Gasteiger partial charge on any atom is -0.207 e. The third kappa shape index (κ3) is 3.49. The minimum absolute atomic E-state index is 0.182. The number of halogens is 1. The maximum Gasteiger partial charge on any atom is 0.241 e. The molecule has 0 aliphatic rings. The van der Waals surface area contributed by atoms with Gasteiger partial charge in [-0.25, -0.2) is 13.1 Å². The first-order valence-corrected chi connectivity index (χ1v) is 9.41. The number of nitrogens with one attached hydrogen (secondary N) is 1. The summed E-state index contributed by atoms with van der Waals surface area (Å²) in [6.07, 6.45) is 0.715. The van der Waals surface area contributed by atoms with Crippen LogP contribution in [0.5, 0.6) is 0 Å². The SMILES string of the molecule is CCC(NS(=O)(=O)c1cc(Br)ccc1C)c1cccs1. The summed E-state index contributed by atoms with van der Waals surface area (Å²) < 4.78 is 28.6. The molecule has 0 saturated carbocycles. The molecule has 6 heteroatoms. The number of hydrogen-bond donors (Lipinski definition) is 1. The van der Waals surface area contributed by atoms with Crippen LogP contribution in [0.3, 0.4) is 0 Å². The van der Waals surface area contributed by atoms with Crippen molar-refractivity contribution in [1.82, 2.24) is 4.72 Å². The Morgan fingerprint density at radius 2 is 2.10 bits per heavy atom. The molecule has 1 N–H and O–H groups in total. The molecule has 0 saturated heterocycles. The maximum atomic E-state index is 12.5. The quantitative estimate of drug-likeness (QED) is 0.851. The minimum atomic E-state index is -3.52. The fourth-order valence-corrected chi connectivity index (χ4v) is 4.96. The summed E-state index contributed by atoms with van der Waals surface area (Å²) in [5.41, 5.74) is 0.738. The third-order valence-electron chi connectivity index (χ3n) is 3.03. The molecule has 2 aromatic rings. The van der Waals surface area contributed by atoms with Crippen molar-refractivity contribution in [2.45, 2.75) is 31.2 Å². The second-order valence-electron chi connectivity index (χ2n) is 4.51. The van der Waals surface area contributed by atoms with Crippen molar-refractivity contribution < 1.29 is 8.42 Å². The van der Waals surface area contributed by atoms with Gasteiger partial charge in [-0.2, -0.15) is 0 Å². The average molecular weight is 374 g/mol. The molecule has 0 bridgehead atoms. The van der Waals surface area contributed by atoms with Gasteiger partial charge in [-0.15, -0.1) is 11.3 Å². The smallest absolute Gasteiger partial charge is 0.207 e. The van der Waals surface area contributed by atoms with Crippen molar-refractivity contribution in [3.8, 4) is 0 Å². The van der Waals surface area contributed by atoms with Crippen molar-refractivity contribution in [1.29, 1.82) is 0 Å². The topological polar surface area (TPSA) is 46.2 Å². The summed E-state index contributed by atoms with van der Waals surface area (Å²) >= 11 is 4.88. The summed E-state index contributed by atoms with van der Waals surface area (Å²) in [5.74, 6) is 0. The Morgan fingerprint density at radius 3 is 2.70 bits per heavy atom. The van der Waals surface area contributed by atoms with Gasteiger partial charge in [0.2, 0.25) is 10.0 Å². The van der Waals surface area contributed by atoms with E-state index in [0.29, 0.717) is 11.3 Å². The van der Waals surface area contributed by atoms with Gasteiger partial charge in [0.05, 0.1) is 10.9 Å². The van der Waals surface area contributed by atoms with Crippen LogP contribution in [-0.4, -0.2) is 8.42 Å². The molecule has 2 rings (SSSR count). The van der Waals surface area contributed by atoms with Crippen LogP contribution in [0, 0.1) is 6.92 Å². The van der Waals surface area contributed by atoms with Crippen molar-refractivity contribution in [2.24, 2.45) is 0 Å². The lowest BCUT2D eigenvalue weighted by Gasteiger charge is -2.17. The van der Waals surface area contributed by atoms with Crippen LogP contribution in [0.15, 0.2) is 45.1 Å². The molecule has 0 spiro atoms. The van der Waals surface area contributed by atoms with Gasteiger partial charge in [0.25, 0.3) is 0 Å². The van der Waals surface area contributed by atoms with E-state index in [4.69, 9.17) is 0 Å². The number of benzene rings is 1. The molecular formula is C14H16BrNO2S2. The van der Waals surface area contributed by atoms with Gasteiger partial charge in [0.1, 0.15) is 0 Å². The number of rotatable bonds is 5. The Balaban J connectivity index is 2.33. The lowest BCUT2D eigenvalue weighted by atomic mass is 10.2. The van der Waals surface area contributed by atoms with E-state index >= 15 is 0 Å². The molecule has 0 aliphatic carbocycles. The van der Waals surface area contributed by atoms with Crippen molar-refractivity contribution >= 4 is 37.3 Å². The second kappa shape index (κ2) is 6.39. The molecule has 1 atom stereocenters. The van der Waals surface area contributed by atoms with Gasteiger partial charge in [-0.05, 0) is 42.5 Å². The molecule has 0 amide bonds. The molecule has 108 valence electrons. The largest absolute Gasteiger partial charge is 0.241 e. The molecule has 1 heterocycles. The molecule has 1 aromatic carbocycles. The highest BCUT2D eigenvalue weighted by Crippen LogP contribution is 2.26. The highest BCUT2D eigenvalue weighted by Gasteiger charge is 2.22. The van der Waals surface area contributed by atoms with E-state index in [1.807, 2.05) is 30.5 Å². The van der Waals surface area contributed by atoms with Gasteiger partial charge in [-0.1, -0.05) is 35.0 Å². The first-order chi connectivity index (χ1) is 9.44. The van der Waals surface area contributed by atoms with E-state index in [2.05, 4.69) is 20.7 Å². The normalized spacial score (nSPS) is 13.3. The molecular weight excluding hydrogens is 358 g/mol. The number of sulfonamides is 1. The highest BCUT2D eigenvalue weighted by molar-refractivity contribution is 9.10. The van der Waals surface area contributed by atoms with Crippen LogP contribution in [-0.2, 0) is 10.0 Å². The van der Waals surface area contributed by atoms with Crippen LogP contribution in [0.1, 0.15) is 29.8 Å². The van der Waals surface area contributed by atoms with Gasteiger partial charge in [0.15, 0.2) is 0 Å². The van der Waals surface area contributed by atoms with Gasteiger partial charge < -0.3 is 0 Å². The van der Waals surface area contributed by atoms with Gasteiger partial charge in [0, 0.05) is 9.35 Å². The molecule has 0 aliphatic heterocycles. The van der Waals surface area contributed by atoms with Crippen molar-refractivity contribution in [3.05, 3.63) is 50.6 Å². The first-order valence-electron chi connectivity index (χ1n) is 6.26. The molecule has 1 unspecified atom stereocenters. The summed E-state index contributed by atoms with van der Waals surface area (Å²) in [4.78, 5) is 1.35. The molecule has 0 radical (unpaired) electrons. The predicted molar refractivity (Wildman–Crippen MR) is 86.6 cm³/mol. The van der Waals surface area contributed by atoms with Crippen LogP contribution < -0.4 is 4.72 Å². The monoisotopic (exact) mass is 373 g/mol. The van der Waals surface area contributed by atoms with Crippen LogP contribution in [0.25, 0.3) is 0 Å². The summed E-state index contributed by atoms with van der Waals surface area (Å²) in [7, 11) is -3.52. The predicted octanol–water partition coefficient (Wildman–Crippen LogP) is 4.25. The average Bonchev–Trinajstić information content (AvgIpc) is 2.92.